The van der Waals surface area contributed by atoms with Gasteiger partial charge in [0.05, 0.1) is 6.04 Å². The van der Waals surface area contributed by atoms with E-state index in [1.807, 2.05) is 31.3 Å². The van der Waals surface area contributed by atoms with Crippen molar-refractivity contribution in [1.29, 1.82) is 0 Å². The molecule has 0 saturated carbocycles. The van der Waals surface area contributed by atoms with Crippen LogP contribution in [0.2, 0.25) is 0 Å². The van der Waals surface area contributed by atoms with Gasteiger partial charge in [-0.1, -0.05) is 48.5 Å². The summed E-state index contributed by atoms with van der Waals surface area (Å²) in [4.78, 5) is 18.3. The molecule has 4 N–H and O–H groups in total. The first-order chi connectivity index (χ1) is 14.2. The van der Waals surface area contributed by atoms with E-state index < -0.39 is 0 Å². The molecule has 5 nitrogen and oxygen atoms in total. The van der Waals surface area contributed by atoms with E-state index in [4.69, 9.17) is 5.73 Å². The van der Waals surface area contributed by atoms with Gasteiger partial charge in [0.2, 0.25) is 5.91 Å². The maximum Gasteiger partial charge on any atom is 0.237 e. The number of nitrogens with two attached hydrogens (primary N) is 1. The fourth-order valence-corrected chi connectivity index (χ4v) is 4.51. The normalized spacial score (nSPS) is 20.8. The third-order valence-corrected chi connectivity index (χ3v) is 6.30. The van der Waals surface area contributed by atoms with Crippen LogP contribution >= 0.6 is 0 Å². The monoisotopic (exact) mass is 390 g/mol. The number of amides is 1. The van der Waals surface area contributed by atoms with Crippen molar-refractivity contribution in [2.75, 3.05) is 26.2 Å². The second-order valence-electron chi connectivity index (χ2n) is 8.04. The minimum absolute atomic E-state index is 0.0920. The Kier molecular flexibility index (Phi) is 5.97. The largest absolute Gasteiger partial charge is 0.361 e. The molecule has 2 heterocycles. The van der Waals surface area contributed by atoms with E-state index in [0.29, 0.717) is 24.9 Å². The summed E-state index contributed by atoms with van der Waals surface area (Å²) in [5.74, 6) is 0.871. The van der Waals surface area contributed by atoms with Crippen molar-refractivity contribution < 1.29 is 4.79 Å². The molecule has 1 fully saturated rings. The molecule has 0 radical (unpaired) electrons. The molecule has 1 aliphatic rings. The number of benzene rings is 2. The first kappa shape index (κ1) is 19.7. The van der Waals surface area contributed by atoms with Crippen LogP contribution in [0.25, 0.3) is 10.9 Å². The zero-order valence-corrected chi connectivity index (χ0v) is 17.0. The third-order valence-electron chi connectivity index (χ3n) is 6.30. The van der Waals surface area contributed by atoms with Crippen molar-refractivity contribution >= 4 is 16.8 Å². The summed E-state index contributed by atoms with van der Waals surface area (Å²) in [5, 5.41) is 4.35. The predicted molar refractivity (Wildman–Crippen MR) is 118 cm³/mol. The number of nitrogens with zero attached hydrogens (tertiary/aromatic N) is 1. The molecule has 1 saturated heterocycles. The summed E-state index contributed by atoms with van der Waals surface area (Å²) in [6.07, 6.45) is 2.86. The number of aromatic nitrogens is 1. The summed E-state index contributed by atoms with van der Waals surface area (Å²) < 4.78 is 0. The number of nitrogens with one attached hydrogen (secondary N) is 2. The molecule has 0 bridgehead atoms. The van der Waals surface area contributed by atoms with Gasteiger partial charge in [-0.25, -0.2) is 0 Å². The molecular formula is C24H30N4O. The van der Waals surface area contributed by atoms with Crippen molar-refractivity contribution in [2.45, 2.75) is 25.3 Å². The molecule has 4 rings (SSSR count). The molecule has 1 aliphatic heterocycles. The van der Waals surface area contributed by atoms with Crippen molar-refractivity contribution in [1.82, 2.24) is 15.2 Å². The lowest BCUT2D eigenvalue weighted by molar-refractivity contribution is -0.125. The highest BCUT2D eigenvalue weighted by Crippen LogP contribution is 2.33. The Bertz CT molecular complexity index is 952. The van der Waals surface area contributed by atoms with E-state index in [1.165, 1.54) is 16.5 Å². The number of likely N-dealkylation sites (tertiary alicyclic amines) is 1. The van der Waals surface area contributed by atoms with Gasteiger partial charge in [0.15, 0.2) is 0 Å². The molecule has 152 valence electrons. The Hall–Kier alpha value is -2.63. The first-order valence-corrected chi connectivity index (χ1v) is 10.5. The van der Waals surface area contributed by atoms with Gasteiger partial charge in [0, 0.05) is 42.7 Å². The third kappa shape index (κ3) is 4.21. The fraction of sp³-hybridized carbons (Fsp3) is 0.375. The van der Waals surface area contributed by atoms with Crippen LogP contribution in [-0.4, -0.2) is 48.0 Å². The van der Waals surface area contributed by atoms with Crippen LogP contribution in [0, 0.1) is 5.92 Å². The highest BCUT2D eigenvalue weighted by atomic mass is 16.2. The number of H-pyrrole nitrogens is 1. The van der Waals surface area contributed by atoms with Crippen LogP contribution in [-0.2, 0) is 11.2 Å². The van der Waals surface area contributed by atoms with Gasteiger partial charge in [-0.3, -0.25) is 9.69 Å². The Labute approximate surface area is 172 Å². The molecule has 3 atom stereocenters. The number of aromatic amines is 1. The van der Waals surface area contributed by atoms with Gasteiger partial charge < -0.3 is 16.0 Å². The topological polar surface area (TPSA) is 74.2 Å². The predicted octanol–water partition coefficient (Wildman–Crippen LogP) is 2.89. The number of hydrogen-bond acceptors (Lipinski definition) is 3. The van der Waals surface area contributed by atoms with E-state index in [1.54, 1.807) is 0 Å². The minimum Gasteiger partial charge on any atom is -0.361 e. The Balaban J connectivity index is 1.33. The lowest BCUT2D eigenvalue weighted by atomic mass is 9.89. The van der Waals surface area contributed by atoms with E-state index in [0.717, 1.165) is 25.0 Å². The second-order valence-corrected chi connectivity index (χ2v) is 8.04. The molecular weight excluding hydrogens is 360 g/mol. The number of hydrogen-bond donors (Lipinski definition) is 3. The molecule has 2 aromatic carbocycles. The highest BCUT2D eigenvalue weighted by Gasteiger charge is 2.36. The van der Waals surface area contributed by atoms with Crippen LogP contribution in [0.3, 0.4) is 0 Å². The van der Waals surface area contributed by atoms with Crippen molar-refractivity contribution in [2.24, 2.45) is 11.7 Å². The second kappa shape index (κ2) is 8.80. The van der Waals surface area contributed by atoms with Crippen LogP contribution < -0.4 is 11.1 Å². The molecule has 0 aliphatic carbocycles. The summed E-state index contributed by atoms with van der Waals surface area (Å²) in [5.41, 5.74) is 9.74. The quantitative estimate of drug-likeness (QED) is 0.581. The van der Waals surface area contributed by atoms with Gasteiger partial charge in [0.1, 0.15) is 0 Å². The first-order valence-electron chi connectivity index (χ1n) is 10.5. The molecule has 1 unspecified atom stereocenters. The van der Waals surface area contributed by atoms with Crippen molar-refractivity contribution in [3.8, 4) is 0 Å². The maximum absolute atomic E-state index is 12.8. The summed E-state index contributed by atoms with van der Waals surface area (Å²) in [6.45, 7) is 5.03. The van der Waals surface area contributed by atoms with Gasteiger partial charge in [0.25, 0.3) is 0 Å². The zero-order chi connectivity index (χ0) is 20.2. The average molecular weight is 391 g/mol. The van der Waals surface area contributed by atoms with Crippen LogP contribution in [0.1, 0.15) is 24.0 Å². The molecule has 29 heavy (non-hydrogen) atoms. The maximum atomic E-state index is 12.8. The van der Waals surface area contributed by atoms with Gasteiger partial charge in [-0.05, 0) is 43.0 Å². The fourth-order valence-electron chi connectivity index (χ4n) is 4.51. The van der Waals surface area contributed by atoms with Crippen LogP contribution in [0.15, 0.2) is 60.8 Å². The summed E-state index contributed by atoms with van der Waals surface area (Å²) >= 11 is 0. The van der Waals surface area contributed by atoms with Crippen LogP contribution in [0.5, 0.6) is 0 Å². The highest BCUT2D eigenvalue weighted by molar-refractivity contribution is 5.83. The van der Waals surface area contributed by atoms with Gasteiger partial charge in [-0.2, -0.15) is 0 Å². The Morgan fingerprint density at radius 3 is 2.72 bits per heavy atom. The zero-order valence-electron chi connectivity index (χ0n) is 17.0. The molecule has 5 heteroatoms. The smallest absolute Gasteiger partial charge is 0.237 e. The molecule has 1 aromatic heterocycles. The molecule has 3 aromatic rings. The Morgan fingerprint density at radius 2 is 1.93 bits per heavy atom. The van der Waals surface area contributed by atoms with Crippen LogP contribution in [0.4, 0.5) is 0 Å². The van der Waals surface area contributed by atoms with Gasteiger partial charge in [-0.15, -0.1) is 0 Å². The lowest BCUT2D eigenvalue weighted by Crippen LogP contribution is -2.44. The Morgan fingerprint density at radius 1 is 1.17 bits per heavy atom. The molecule has 0 spiro atoms. The standard InChI is InChI=1S/C24H30N4O/c1-17(28-15-20(13-25)22(16-28)18-7-3-2-4-8-18)24(29)26-12-11-19-14-27-23-10-6-5-9-21(19)23/h2-10,14,17,20,22,27H,11-13,15-16,25H2,1H3,(H,26,29)/t17?,20-,22+/m1/s1. The van der Waals surface area contributed by atoms with Crippen molar-refractivity contribution in [3.63, 3.8) is 0 Å². The SMILES string of the molecule is CC(C(=O)NCCc1c[nH]c2ccccc12)N1C[C@@H](CN)[C@H](c2ccccc2)C1. The summed E-state index contributed by atoms with van der Waals surface area (Å²) in [7, 11) is 0. The number of carbonyl (C=O) groups excluding carboxylic acids is 1. The lowest BCUT2D eigenvalue weighted by Gasteiger charge is -2.23. The number of para-hydroxylation sites is 1. The summed E-state index contributed by atoms with van der Waals surface area (Å²) in [6, 6.07) is 18.6. The number of fused-ring (bicyclic) bond motifs is 1. The van der Waals surface area contributed by atoms with E-state index in [9.17, 15) is 4.79 Å². The van der Waals surface area contributed by atoms with E-state index >= 15 is 0 Å². The van der Waals surface area contributed by atoms with E-state index in [-0.39, 0.29) is 11.9 Å². The average Bonchev–Trinajstić information content (AvgIpc) is 3.38. The number of carbonyl (C=O) groups is 1. The van der Waals surface area contributed by atoms with Crippen molar-refractivity contribution in [3.05, 3.63) is 71.9 Å². The number of rotatable bonds is 7. The minimum atomic E-state index is -0.152. The van der Waals surface area contributed by atoms with E-state index in [2.05, 4.69) is 51.6 Å². The van der Waals surface area contributed by atoms with Gasteiger partial charge >= 0.3 is 0 Å². The molecule has 1 amide bonds.